The van der Waals surface area contributed by atoms with E-state index in [2.05, 4.69) is 4.98 Å². The predicted octanol–water partition coefficient (Wildman–Crippen LogP) is 4.06. The molecular weight excluding hydrogens is 345 g/mol. The number of aliphatic hydroxyl groups excluding tert-OH is 1. The molecular formula is C19H19F3N2O2. The van der Waals surface area contributed by atoms with E-state index in [0.29, 0.717) is 11.3 Å². The van der Waals surface area contributed by atoms with Crippen molar-refractivity contribution >= 4 is 11.0 Å². The van der Waals surface area contributed by atoms with Crippen LogP contribution in [-0.2, 0) is 19.1 Å². The van der Waals surface area contributed by atoms with Crippen molar-refractivity contribution in [3.63, 3.8) is 0 Å². The standard InChI is InChI=1S/C19H19F3N2O2/c1-2-13-7-9-15(10-8-13)26-12-14(25)11-24-17-6-4-3-5-16(17)23-18(24)19(20,21)22/h3-10,14,25H,2,11-12H2,1H3/t14-/m1/s1. The Bertz CT molecular complexity index is 873. The number of benzene rings is 2. The Morgan fingerprint density at radius 2 is 1.81 bits per heavy atom. The summed E-state index contributed by atoms with van der Waals surface area (Å²) >= 11 is 0. The van der Waals surface area contributed by atoms with Crippen LogP contribution in [0.15, 0.2) is 48.5 Å². The molecule has 1 heterocycles. The highest BCUT2D eigenvalue weighted by molar-refractivity contribution is 5.76. The van der Waals surface area contributed by atoms with Gasteiger partial charge >= 0.3 is 6.18 Å². The average Bonchev–Trinajstić information content (AvgIpc) is 2.99. The maximum Gasteiger partial charge on any atom is 0.449 e. The van der Waals surface area contributed by atoms with Crippen molar-refractivity contribution in [2.45, 2.75) is 32.2 Å². The summed E-state index contributed by atoms with van der Waals surface area (Å²) in [4.78, 5) is 3.66. The molecule has 0 aliphatic rings. The van der Waals surface area contributed by atoms with Crippen LogP contribution in [0.3, 0.4) is 0 Å². The monoisotopic (exact) mass is 364 g/mol. The van der Waals surface area contributed by atoms with Crippen LogP contribution in [0.5, 0.6) is 5.75 Å². The minimum Gasteiger partial charge on any atom is -0.491 e. The number of nitrogens with zero attached hydrogens (tertiary/aromatic N) is 2. The largest absolute Gasteiger partial charge is 0.491 e. The Hall–Kier alpha value is -2.54. The van der Waals surface area contributed by atoms with E-state index in [1.165, 1.54) is 6.07 Å². The second kappa shape index (κ2) is 7.37. The molecule has 0 unspecified atom stereocenters. The van der Waals surface area contributed by atoms with E-state index in [1.54, 1.807) is 30.3 Å². The third-order valence-electron chi connectivity index (χ3n) is 4.08. The zero-order valence-electron chi connectivity index (χ0n) is 14.2. The molecule has 1 aromatic heterocycles. The van der Waals surface area contributed by atoms with Gasteiger partial charge in [0.1, 0.15) is 18.5 Å². The molecule has 0 fully saturated rings. The van der Waals surface area contributed by atoms with E-state index < -0.39 is 18.1 Å². The van der Waals surface area contributed by atoms with Crippen molar-refractivity contribution in [1.29, 1.82) is 0 Å². The lowest BCUT2D eigenvalue weighted by Gasteiger charge is -2.16. The molecule has 0 aliphatic heterocycles. The summed E-state index contributed by atoms with van der Waals surface area (Å²) in [6, 6.07) is 13.7. The molecule has 26 heavy (non-hydrogen) atoms. The van der Waals surface area contributed by atoms with Crippen molar-refractivity contribution in [3.8, 4) is 5.75 Å². The van der Waals surface area contributed by atoms with Gasteiger partial charge in [-0.25, -0.2) is 4.98 Å². The molecule has 0 saturated carbocycles. The van der Waals surface area contributed by atoms with Crippen molar-refractivity contribution in [3.05, 3.63) is 59.9 Å². The zero-order chi connectivity index (χ0) is 18.7. The number of hydrogen-bond acceptors (Lipinski definition) is 3. The fourth-order valence-electron chi connectivity index (χ4n) is 2.75. The van der Waals surface area contributed by atoms with Gasteiger partial charge in [-0.2, -0.15) is 13.2 Å². The molecule has 0 radical (unpaired) electrons. The molecule has 3 aromatic rings. The topological polar surface area (TPSA) is 47.3 Å². The van der Waals surface area contributed by atoms with Crippen LogP contribution >= 0.6 is 0 Å². The molecule has 1 N–H and O–H groups in total. The molecule has 1 atom stereocenters. The Labute approximate surface area is 148 Å². The number of halogens is 3. The van der Waals surface area contributed by atoms with Gasteiger partial charge in [0.25, 0.3) is 0 Å². The number of aliphatic hydroxyl groups is 1. The van der Waals surface area contributed by atoms with Gasteiger partial charge in [-0.05, 0) is 36.2 Å². The summed E-state index contributed by atoms with van der Waals surface area (Å²) in [6.45, 7) is 1.66. The number of para-hydroxylation sites is 2. The van der Waals surface area contributed by atoms with E-state index >= 15 is 0 Å². The maximum atomic E-state index is 13.3. The highest BCUT2D eigenvalue weighted by Gasteiger charge is 2.37. The van der Waals surface area contributed by atoms with Crippen LogP contribution in [0, 0.1) is 0 Å². The molecule has 3 rings (SSSR count). The Kier molecular flexibility index (Phi) is 5.18. The first kappa shape index (κ1) is 18.3. The Balaban J connectivity index is 1.75. The van der Waals surface area contributed by atoms with Gasteiger partial charge in [-0.1, -0.05) is 31.2 Å². The van der Waals surface area contributed by atoms with Crippen LogP contribution in [0.1, 0.15) is 18.3 Å². The van der Waals surface area contributed by atoms with Crippen LogP contribution in [-0.4, -0.2) is 27.4 Å². The molecule has 4 nitrogen and oxygen atoms in total. The van der Waals surface area contributed by atoms with E-state index in [1.807, 2.05) is 19.1 Å². The van der Waals surface area contributed by atoms with Gasteiger partial charge in [-0.15, -0.1) is 0 Å². The number of hydrogen-bond donors (Lipinski definition) is 1. The number of fused-ring (bicyclic) bond motifs is 1. The first-order valence-electron chi connectivity index (χ1n) is 8.30. The van der Waals surface area contributed by atoms with Gasteiger partial charge < -0.3 is 14.4 Å². The number of aryl methyl sites for hydroxylation is 1. The second-order valence-corrected chi connectivity index (χ2v) is 5.99. The summed E-state index contributed by atoms with van der Waals surface area (Å²) in [5, 5.41) is 10.2. The number of ether oxygens (including phenoxy) is 1. The SMILES string of the molecule is CCc1ccc(OC[C@H](O)Cn2c(C(F)(F)F)nc3ccccc32)cc1. The average molecular weight is 364 g/mol. The van der Waals surface area contributed by atoms with Gasteiger partial charge in [0.15, 0.2) is 0 Å². The van der Waals surface area contributed by atoms with Crippen molar-refractivity contribution in [1.82, 2.24) is 9.55 Å². The normalized spacial score (nSPS) is 13.1. The third-order valence-corrected chi connectivity index (χ3v) is 4.08. The molecule has 0 saturated heterocycles. The summed E-state index contributed by atoms with van der Waals surface area (Å²) in [5.74, 6) is -0.460. The van der Waals surface area contributed by atoms with E-state index in [-0.39, 0.29) is 18.7 Å². The van der Waals surface area contributed by atoms with E-state index in [0.717, 1.165) is 16.6 Å². The smallest absolute Gasteiger partial charge is 0.449 e. The zero-order valence-corrected chi connectivity index (χ0v) is 14.2. The lowest BCUT2D eigenvalue weighted by Crippen LogP contribution is -2.26. The number of aromatic nitrogens is 2. The molecule has 0 bridgehead atoms. The van der Waals surface area contributed by atoms with Gasteiger partial charge in [0, 0.05) is 0 Å². The molecule has 0 amide bonds. The summed E-state index contributed by atoms with van der Waals surface area (Å²) in [6.07, 6.45) is -4.81. The quantitative estimate of drug-likeness (QED) is 0.718. The fourth-order valence-corrected chi connectivity index (χ4v) is 2.75. The van der Waals surface area contributed by atoms with Gasteiger partial charge in [0.2, 0.25) is 5.82 Å². The van der Waals surface area contributed by atoms with Gasteiger partial charge in [0.05, 0.1) is 17.6 Å². The molecule has 7 heteroatoms. The predicted molar refractivity (Wildman–Crippen MR) is 92.1 cm³/mol. The summed E-state index contributed by atoms with van der Waals surface area (Å²) in [5.41, 5.74) is 1.71. The maximum absolute atomic E-state index is 13.3. The van der Waals surface area contributed by atoms with Gasteiger partial charge in [-0.3, -0.25) is 0 Å². The Morgan fingerprint density at radius 3 is 2.46 bits per heavy atom. The minimum absolute atomic E-state index is 0.116. The van der Waals surface area contributed by atoms with Crippen LogP contribution in [0.25, 0.3) is 11.0 Å². The number of alkyl halides is 3. The first-order valence-corrected chi connectivity index (χ1v) is 8.30. The molecule has 0 aliphatic carbocycles. The highest BCUT2D eigenvalue weighted by Crippen LogP contribution is 2.31. The third kappa shape index (κ3) is 3.99. The Morgan fingerprint density at radius 1 is 1.12 bits per heavy atom. The van der Waals surface area contributed by atoms with Crippen molar-refractivity contribution in [2.75, 3.05) is 6.61 Å². The minimum atomic E-state index is -4.60. The van der Waals surface area contributed by atoms with Crippen LogP contribution in [0.4, 0.5) is 13.2 Å². The summed E-state index contributed by atoms with van der Waals surface area (Å²) in [7, 11) is 0. The fraction of sp³-hybridized carbons (Fsp3) is 0.316. The lowest BCUT2D eigenvalue weighted by atomic mass is 10.2. The number of imidazole rings is 1. The van der Waals surface area contributed by atoms with Crippen LogP contribution in [0.2, 0.25) is 0 Å². The van der Waals surface area contributed by atoms with Crippen LogP contribution < -0.4 is 4.74 Å². The molecule has 138 valence electrons. The molecule has 0 spiro atoms. The van der Waals surface area contributed by atoms with Crippen molar-refractivity contribution in [2.24, 2.45) is 0 Å². The first-order chi connectivity index (χ1) is 12.4. The number of rotatable bonds is 6. The van der Waals surface area contributed by atoms with Crippen molar-refractivity contribution < 1.29 is 23.0 Å². The molecule has 2 aromatic carbocycles. The lowest BCUT2D eigenvalue weighted by molar-refractivity contribution is -0.147. The van der Waals surface area contributed by atoms with E-state index in [9.17, 15) is 18.3 Å². The summed E-state index contributed by atoms with van der Waals surface area (Å²) < 4.78 is 46.3. The highest BCUT2D eigenvalue weighted by atomic mass is 19.4. The second-order valence-electron chi connectivity index (χ2n) is 5.99. The van der Waals surface area contributed by atoms with E-state index in [4.69, 9.17) is 4.74 Å².